The average molecular weight is 311 g/mol. The second-order valence-electron chi connectivity index (χ2n) is 5.50. The topological polar surface area (TPSA) is 72.3 Å². The Morgan fingerprint density at radius 1 is 1.52 bits per heavy atom. The standard InChI is InChI=1S/C14H21N3O3S/c1-16-8-6-15-13(16)4-3-7-17(2)14(18)10-12-5-9-21(19,20)11-12/h5-6,8-9,12H,3-4,7,10-11H2,1-2H3. The molecule has 0 N–H and O–H groups in total. The molecule has 1 aromatic heterocycles. The fourth-order valence-electron chi connectivity index (χ4n) is 2.38. The second-order valence-corrected chi connectivity index (χ2v) is 7.43. The Kier molecular flexibility index (Phi) is 4.82. The fraction of sp³-hybridized carbons (Fsp3) is 0.571. The molecule has 1 unspecified atom stereocenters. The Balaban J connectivity index is 1.73. The predicted octanol–water partition coefficient (Wildman–Crippen LogP) is 0.759. The summed E-state index contributed by atoms with van der Waals surface area (Å²) >= 11 is 0. The zero-order chi connectivity index (χ0) is 15.5. The summed E-state index contributed by atoms with van der Waals surface area (Å²) in [6.07, 6.45) is 7.20. The van der Waals surface area contributed by atoms with E-state index < -0.39 is 9.84 Å². The van der Waals surface area contributed by atoms with Crippen molar-refractivity contribution < 1.29 is 13.2 Å². The highest BCUT2D eigenvalue weighted by Crippen LogP contribution is 2.19. The Morgan fingerprint density at radius 2 is 2.29 bits per heavy atom. The van der Waals surface area contributed by atoms with E-state index in [9.17, 15) is 13.2 Å². The first-order valence-electron chi connectivity index (χ1n) is 6.98. The number of hydrogen-bond donors (Lipinski definition) is 0. The summed E-state index contributed by atoms with van der Waals surface area (Å²) in [5.74, 6) is 0.863. The van der Waals surface area contributed by atoms with E-state index in [2.05, 4.69) is 4.98 Å². The second kappa shape index (κ2) is 6.43. The SMILES string of the molecule is CN(CCCc1nccn1C)C(=O)CC1C=CS(=O)(=O)C1. The maximum atomic E-state index is 12.0. The molecule has 2 rings (SSSR count). The third kappa shape index (κ3) is 4.42. The molecular weight excluding hydrogens is 290 g/mol. The van der Waals surface area contributed by atoms with Crippen LogP contribution < -0.4 is 0 Å². The Labute approximate surface area is 125 Å². The molecule has 21 heavy (non-hydrogen) atoms. The van der Waals surface area contributed by atoms with Crippen LogP contribution in [-0.2, 0) is 28.1 Å². The van der Waals surface area contributed by atoms with Gasteiger partial charge in [-0.25, -0.2) is 13.4 Å². The molecule has 1 aliphatic heterocycles. The summed E-state index contributed by atoms with van der Waals surface area (Å²) in [6, 6.07) is 0. The minimum absolute atomic E-state index is 0.0124. The normalized spacial score (nSPS) is 19.8. The molecule has 0 saturated carbocycles. The monoisotopic (exact) mass is 311 g/mol. The van der Waals surface area contributed by atoms with E-state index in [1.807, 2.05) is 17.8 Å². The lowest BCUT2D eigenvalue weighted by Gasteiger charge is -2.18. The summed E-state index contributed by atoms with van der Waals surface area (Å²) in [4.78, 5) is 18.0. The van der Waals surface area contributed by atoms with Gasteiger partial charge in [0, 0.05) is 57.2 Å². The molecule has 6 nitrogen and oxygen atoms in total. The van der Waals surface area contributed by atoms with Crippen molar-refractivity contribution in [1.82, 2.24) is 14.5 Å². The van der Waals surface area contributed by atoms with E-state index >= 15 is 0 Å². The van der Waals surface area contributed by atoms with Crippen LogP contribution in [0.3, 0.4) is 0 Å². The van der Waals surface area contributed by atoms with E-state index in [0.717, 1.165) is 18.7 Å². The van der Waals surface area contributed by atoms with Gasteiger partial charge in [-0.2, -0.15) is 0 Å². The molecule has 0 fully saturated rings. The third-order valence-electron chi connectivity index (χ3n) is 3.68. The lowest BCUT2D eigenvalue weighted by Crippen LogP contribution is -2.30. The van der Waals surface area contributed by atoms with Gasteiger partial charge in [0.1, 0.15) is 5.82 Å². The van der Waals surface area contributed by atoms with Crippen molar-refractivity contribution in [1.29, 1.82) is 0 Å². The van der Waals surface area contributed by atoms with Crippen molar-refractivity contribution in [2.75, 3.05) is 19.3 Å². The highest BCUT2D eigenvalue weighted by Gasteiger charge is 2.24. The quantitative estimate of drug-likeness (QED) is 0.777. The highest BCUT2D eigenvalue weighted by molar-refractivity contribution is 7.94. The Morgan fingerprint density at radius 3 is 2.86 bits per heavy atom. The number of allylic oxidation sites excluding steroid dienone is 1. The number of carbonyl (C=O) groups excluding carboxylic acids is 1. The van der Waals surface area contributed by atoms with E-state index in [1.165, 1.54) is 5.41 Å². The third-order valence-corrected chi connectivity index (χ3v) is 5.15. The van der Waals surface area contributed by atoms with Crippen LogP contribution in [0.15, 0.2) is 23.9 Å². The predicted molar refractivity (Wildman–Crippen MR) is 80.2 cm³/mol. The molecule has 0 spiro atoms. The molecule has 1 amide bonds. The van der Waals surface area contributed by atoms with Crippen LogP contribution in [0.25, 0.3) is 0 Å². The minimum Gasteiger partial charge on any atom is -0.346 e. The number of imidazole rings is 1. The molecular formula is C14H21N3O3S. The fourth-order valence-corrected chi connectivity index (χ4v) is 3.78. The van der Waals surface area contributed by atoms with Crippen LogP contribution in [0, 0.1) is 5.92 Å². The van der Waals surface area contributed by atoms with Crippen molar-refractivity contribution in [3.63, 3.8) is 0 Å². The van der Waals surface area contributed by atoms with Crippen LogP contribution in [0.1, 0.15) is 18.7 Å². The van der Waals surface area contributed by atoms with Crippen molar-refractivity contribution in [2.45, 2.75) is 19.3 Å². The van der Waals surface area contributed by atoms with E-state index in [1.54, 1.807) is 24.2 Å². The summed E-state index contributed by atoms with van der Waals surface area (Å²) in [7, 11) is 0.626. The largest absolute Gasteiger partial charge is 0.346 e. The number of hydrogen-bond acceptors (Lipinski definition) is 4. The van der Waals surface area contributed by atoms with Gasteiger partial charge in [0.25, 0.3) is 0 Å². The lowest BCUT2D eigenvalue weighted by atomic mass is 10.1. The van der Waals surface area contributed by atoms with Gasteiger partial charge in [-0.1, -0.05) is 6.08 Å². The first-order valence-corrected chi connectivity index (χ1v) is 8.70. The van der Waals surface area contributed by atoms with Crippen molar-refractivity contribution in [3.8, 4) is 0 Å². The molecule has 1 atom stereocenters. The van der Waals surface area contributed by atoms with Gasteiger partial charge in [-0.3, -0.25) is 4.79 Å². The van der Waals surface area contributed by atoms with Crippen LogP contribution >= 0.6 is 0 Å². The molecule has 2 heterocycles. The molecule has 116 valence electrons. The van der Waals surface area contributed by atoms with E-state index in [-0.39, 0.29) is 24.0 Å². The van der Waals surface area contributed by atoms with Gasteiger partial charge in [-0.15, -0.1) is 0 Å². The number of rotatable bonds is 6. The van der Waals surface area contributed by atoms with Gasteiger partial charge in [0.15, 0.2) is 9.84 Å². The minimum atomic E-state index is -3.08. The van der Waals surface area contributed by atoms with Crippen LogP contribution in [0.2, 0.25) is 0 Å². The summed E-state index contributed by atoms with van der Waals surface area (Å²) in [5, 5.41) is 1.21. The molecule has 0 aromatic carbocycles. The number of aryl methyl sites for hydroxylation is 2. The van der Waals surface area contributed by atoms with E-state index in [4.69, 9.17) is 0 Å². The number of amides is 1. The van der Waals surface area contributed by atoms with Crippen molar-refractivity contribution >= 4 is 15.7 Å². The van der Waals surface area contributed by atoms with Crippen molar-refractivity contribution in [3.05, 3.63) is 29.7 Å². The highest BCUT2D eigenvalue weighted by atomic mass is 32.2. The van der Waals surface area contributed by atoms with Gasteiger partial charge >= 0.3 is 0 Å². The Bertz CT molecular complexity index is 634. The molecule has 0 bridgehead atoms. The summed E-state index contributed by atoms with van der Waals surface area (Å²) in [5.41, 5.74) is 0. The first kappa shape index (κ1) is 15.8. The number of aromatic nitrogens is 2. The van der Waals surface area contributed by atoms with E-state index in [0.29, 0.717) is 6.54 Å². The molecule has 1 aromatic rings. The lowest BCUT2D eigenvalue weighted by molar-refractivity contribution is -0.130. The maximum Gasteiger partial charge on any atom is 0.222 e. The van der Waals surface area contributed by atoms with Gasteiger partial charge in [0.05, 0.1) is 5.75 Å². The van der Waals surface area contributed by atoms with Crippen LogP contribution in [-0.4, -0.2) is 48.1 Å². The zero-order valence-corrected chi connectivity index (χ0v) is 13.2. The molecule has 1 aliphatic rings. The smallest absolute Gasteiger partial charge is 0.222 e. The Hall–Kier alpha value is -1.63. The van der Waals surface area contributed by atoms with Gasteiger partial charge in [0.2, 0.25) is 5.91 Å². The number of carbonyl (C=O) groups is 1. The molecule has 0 radical (unpaired) electrons. The maximum absolute atomic E-state index is 12.0. The average Bonchev–Trinajstić information content (AvgIpc) is 2.95. The van der Waals surface area contributed by atoms with Gasteiger partial charge < -0.3 is 9.47 Å². The van der Waals surface area contributed by atoms with Crippen LogP contribution in [0.4, 0.5) is 0 Å². The summed E-state index contributed by atoms with van der Waals surface area (Å²) < 4.78 is 24.6. The summed E-state index contributed by atoms with van der Waals surface area (Å²) in [6.45, 7) is 0.648. The molecule has 0 aliphatic carbocycles. The number of sulfone groups is 1. The first-order chi connectivity index (χ1) is 9.87. The van der Waals surface area contributed by atoms with Crippen molar-refractivity contribution in [2.24, 2.45) is 13.0 Å². The number of nitrogens with zero attached hydrogens (tertiary/aromatic N) is 3. The molecule has 7 heteroatoms. The van der Waals surface area contributed by atoms with Gasteiger partial charge in [-0.05, 0) is 6.42 Å². The molecule has 0 saturated heterocycles. The zero-order valence-electron chi connectivity index (χ0n) is 12.4. The van der Waals surface area contributed by atoms with Crippen LogP contribution in [0.5, 0.6) is 0 Å².